The van der Waals surface area contributed by atoms with Gasteiger partial charge in [0.25, 0.3) is 0 Å². The van der Waals surface area contributed by atoms with E-state index in [-0.39, 0.29) is 11.9 Å². The highest BCUT2D eigenvalue weighted by Gasteiger charge is 2.08. The van der Waals surface area contributed by atoms with Crippen molar-refractivity contribution in [1.82, 2.24) is 0 Å². The first kappa shape index (κ1) is 13.3. The number of carbonyl (C=O) groups is 1. The monoisotopic (exact) mass is 258 g/mol. The summed E-state index contributed by atoms with van der Waals surface area (Å²) in [6, 6.07) is 7.32. The minimum atomic E-state index is -0.189. The normalized spacial score (nSPS) is 10.2. The quantitative estimate of drug-likeness (QED) is 0.380. The van der Waals surface area contributed by atoms with Crippen LogP contribution in [-0.4, -0.2) is 5.97 Å². The van der Waals surface area contributed by atoms with Crippen LogP contribution < -0.4 is 4.18 Å². The van der Waals surface area contributed by atoms with Crippen molar-refractivity contribution in [2.75, 3.05) is 0 Å². The maximum absolute atomic E-state index is 11.2. The van der Waals surface area contributed by atoms with Gasteiger partial charge in [-0.25, -0.2) is 0 Å². The Bertz CT molecular complexity index is 336. The molecule has 0 aliphatic rings. The van der Waals surface area contributed by atoms with Crippen LogP contribution in [0.3, 0.4) is 0 Å². The van der Waals surface area contributed by atoms with Crippen molar-refractivity contribution in [3.63, 3.8) is 0 Å². The number of thiol groups is 1. The smallest absolute Gasteiger partial charge is 0.308 e. The highest BCUT2D eigenvalue weighted by molar-refractivity contribution is 8.66. The second-order valence-electron chi connectivity index (χ2n) is 3.56. The molecule has 0 amide bonds. The van der Waals surface area contributed by atoms with Crippen molar-refractivity contribution in [3.8, 4) is 5.75 Å². The molecule has 1 aromatic rings. The first-order chi connectivity index (χ1) is 7.63. The molecule has 0 radical (unpaired) electrons. The van der Waals surface area contributed by atoms with Crippen LogP contribution in [0.4, 0.5) is 0 Å². The molecule has 0 aliphatic carbocycles. The summed E-state index contributed by atoms with van der Waals surface area (Å²) in [5, 5.41) is 0. The summed E-state index contributed by atoms with van der Waals surface area (Å²) in [4.78, 5) is 11.2. The number of ether oxygens (including phenoxy) is 1. The van der Waals surface area contributed by atoms with E-state index < -0.39 is 0 Å². The molecular formula is C11H14O3S2. The predicted octanol–water partition coefficient (Wildman–Crippen LogP) is 3.26. The third kappa shape index (κ3) is 4.37. The molecule has 0 spiro atoms. The summed E-state index contributed by atoms with van der Waals surface area (Å²) >= 11 is 4.87. The van der Waals surface area contributed by atoms with E-state index in [9.17, 15) is 4.79 Å². The Labute approximate surface area is 105 Å². The fourth-order valence-corrected chi connectivity index (χ4v) is 1.46. The summed E-state index contributed by atoms with van der Waals surface area (Å²) < 4.78 is 10.2. The molecular weight excluding hydrogens is 244 g/mol. The molecule has 0 fully saturated rings. The largest absolute Gasteiger partial charge is 0.461 e. The topological polar surface area (TPSA) is 35.5 Å². The molecule has 0 aliphatic heterocycles. The van der Waals surface area contributed by atoms with Crippen molar-refractivity contribution in [1.29, 1.82) is 0 Å². The first-order valence-electron chi connectivity index (χ1n) is 4.87. The Morgan fingerprint density at radius 2 is 2.00 bits per heavy atom. The molecule has 5 heteroatoms. The van der Waals surface area contributed by atoms with Gasteiger partial charge in [0.2, 0.25) is 0 Å². The van der Waals surface area contributed by atoms with E-state index >= 15 is 0 Å². The van der Waals surface area contributed by atoms with Crippen LogP contribution in [0.15, 0.2) is 24.3 Å². The zero-order valence-corrected chi connectivity index (χ0v) is 10.9. The summed E-state index contributed by atoms with van der Waals surface area (Å²) in [5.41, 5.74) is 0.936. The average Bonchev–Trinajstić information content (AvgIpc) is 2.28. The third-order valence-corrected chi connectivity index (χ3v) is 2.40. The lowest BCUT2D eigenvalue weighted by Crippen LogP contribution is -2.11. The first-order valence-corrected chi connectivity index (χ1v) is 6.66. The van der Waals surface area contributed by atoms with E-state index in [4.69, 9.17) is 8.92 Å². The van der Waals surface area contributed by atoms with Crippen LogP contribution in [0.25, 0.3) is 0 Å². The molecule has 16 heavy (non-hydrogen) atoms. The lowest BCUT2D eigenvalue weighted by atomic mass is 10.2. The lowest BCUT2D eigenvalue weighted by Gasteiger charge is -2.07. The van der Waals surface area contributed by atoms with Crippen LogP contribution in [0, 0.1) is 5.92 Å². The molecule has 0 heterocycles. The SMILES string of the molecule is CC(C)C(=O)OCc1ccc(OSS)cc1. The van der Waals surface area contributed by atoms with Gasteiger partial charge < -0.3 is 8.92 Å². The van der Waals surface area contributed by atoms with E-state index in [1.165, 1.54) is 0 Å². The second kappa shape index (κ2) is 6.70. The molecule has 0 N–H and O–H groups in total. The Hall–Kier alpha value is -0.810. The lowest BCUT2D eigenvalue weighted by molar-refractivity contribution is -0.148. The van der Waals surface area contributed by atoms with E-state index in [0.717, 1.165) is 22.4 Å². The third-order valence-electron chi connectivity index (χ3n) is 1.91. The number of hydrogen-bond donors (Lipinski definition) is 1. The molecule has 0 bridgehead atoms. The van der Waals surface area contributed by atoms with Gasteiger partial charge in [-0.2, -0.15) is 0 Å². The van der Waals surface area contributed by atoms with Crippen molar-refractivity contribution >= 4 is 28.7 Å². The highest BCUT2D eigenvalue weighted by Crippen LogP contribution is 2.19. The number of rotatable bonds is 5. The number of benzene rings is 1. The second-order valence-corrected chi connectivity index (χ2v) is 4.33. The van der Waals surface area contributed by atoms with Gasteiger partial charge in [0.05, 0.1) is 5.92 Å². The highest BCUT2D eigenvalue weighted by atomic mass is 33.1. The van der Waals surface area contributed by atoms with Gasteiger partial charge in [-0.3, -0.25) is 4.79 Å². The number of hydrogen-bond acceptors (Lipinski definition) is 5. The molecule has 1 aromatic carbocycles. The van der Waals surface area contributed by atoms with Gasteiger partial charge in [-0.05, 0) is 17.7 Å². The van der Waals surface area contributed by atoms with Gasteiger partial charge in [0.15, 0.2) is 0 Å². The van der Waals surface area contributed by atoms with E-state index in [2.05, 4.69) is 11.7 Å². The van der Waals surface area contributed by atoms with Crippen LogP contribution in [-0.2, 0) is 16.1 Å². The maximum atomic E-state index is 11.2. The molecule has 0 atom stereocenters. The molecule has 0 saturated carbocycles. The summed E-state index contributed by atoms with van der Waals surface area (Å²) in [6.07, 6.45) is 0. The fourth-order valence-electron chi connectivity index (χ4n) is 1.01. The summed E-state index contributed by atoms with van der Waals surface area (Å²) in [6.45, 7) is 3.91. The van der Waals surface area contributed by atoms with Crippen molar-refractivity contribution in [3.05, 3.63) is 29.8 Å². The zero-order chi connectivity index (χ0) is 12.0. The van der Waals surface area contributed by atoms with E-state index in [1.54, 1.807) is 0 Å². The summed E-state index contributed by atoms with van der Waals surface area (Å²) in [7, 11) is 0. The van der Waals surface area contributed by atoms with Crippen LogP contribution >= 0.6 is 22.7 Å². The van der Waals surface area contributed by atoms with Crippen LogP contribution in [0.1, 0.15) is 19.4 Å². The minimum absolute atomic E-state index is 0.0943. The Balaban J connectivity index is 2.46. The van der Waals surface area contributed by atoms with E-state index in [1.807, 2.05) is 38.1 Å². The Kier molecular flexibility index (Phi) is 5.55. The Morgan fingerprint density at radius 1 is 1.38 bits per heavy atom. The molecule has 88 valence electrons. The zero-order valence-electron chi connectivity index (χ0n) is 9.17. The molecule has 0 aromatic heterocycles. The fraction of sp³-hybridized carbons (Fsp3) is 0.364. The maximum Gasteiger partial charge on any atom is 0.308 e. The standard InChI is InChI=1S/C11H14O3S2/c1-8(2)11(12)13-7-9-3-5-10(6-4-9)14-16-15/h3-6,8,15H,7H2,1-2H3. The average molecular weight is 258 g/mol. The predicted molar refractivity (Wildman–Crippen MR) is 68.3 cm³/mol. The Morgan fingerprint density at radius 3 is 2.50 bits per heavy atom. The van der Waals surface area contributed by atoms with Crippen molar-refractivity contribution < 1.29 is 13.7 Å². The molecule has 3 nitrogen and oxygen atoms in total. The minimum Gasteiger partial charge on any atom is -0.461 e. The number of esters is 1. The van der Waals surface area contributed by atoms with Gasteiger partial charge >= 0.3 is 5.97 Å². The van der Waals surface area contributed by atoms with E-state index in [0.29, 0.717) is 6.61 Å². The van der Waals surface area contributed by atoms with Gasteiger partial charge in [-0.1, -0.05) is 37.6 Å². The molecule has 0 saturated heterocycles. The molecule has 0 unspecified atom stereocenters. The van der Waals surface area contributed by atoms with Crippen molar-refractivity contribution in [2.24, 2.45) is 5.92 Å². The van der Waals surface area contributed by atoms with Gasteiger partial charge in [0.1, 0.15) is 23.4 Å². The van der Waals surface area contributed by atoms with Crippen LogP contribution in [0.5, 0.6) is 5.75 Å². The van der Waals surface area contributed by atoms with Gasteiger partial charge in [0, 0.05) is 0 Å². The van der Waals surface area contributed by atoms with Crippen molar-refractivity contribution in [2.45, 2.75) is 20.5 Å². The summed E-state index contributed by atoms with van der Waals surface area (Å²) in [5.74, 6) is 0.438. The number of carbonyl (C=O) groups excluding carboxylic acids is 1. The molecule has 1 rings (SSSR count). The van der Waals surface area contributed by atoms with Gasteiger partial charge in [-0.15, -0.1) is 0 Å². The van der Waals surface area contributed by atoms with Crippen LogP contribution in [0.2, 0.25) is 0 Å².